The number of anilines is 1. The molecule has 0 unspecified atom stereocenters. The lowest BCUT2D eigenvalue weighted by Gasteiger charge is -2.31. The summed E-state index contributed by atoms with van der Waals surface area (Å²) in [4.78, 5) is 31.5. The Labute approximate surface area is 136 Å². The van der Waals surface area contributed by atoms with Crippen molar-refractivity contribution in [3.05, 3.63) is 23.4 Å². The summed E-state index contributed by atoms with van der Waals surface area (Å²) in [6.07, 6.45) is 1.67. The molecule has 2 N–H and O–H groups in total. The van der Waals surface area contributed by atoms with Crippen LogP contribution in [0.3, 0.4) is 0 Å². The number of carbonyl (C=O) groups is 2. The number of piperidine rings is 1. The smallest absolute Gasteiger partial charge is 0.257 e. The Morgan fingerprint density at radius 2 is 2.00 bits per heavy atom. The molecule has 2 amide bonds. The first kappa shape index (κ1) is 17.2. The lowest BCUT2D eigenvalue weighted by molar-refractivity contribution is -0.136. The molecule has 126 valence electrons. The highest BCUT2D eigenvalue weighted by molar-refractivity contribution is 5.98. The highest BCUT2D eigenvalue weighted by Crippen LogP contribution is 2.28. The van der Waals surface area contributed by atoms with E-state index in [2.05, 4.69) is 4.98 Å². The van der Waals surface area contributed by atoms with Crippen LogP contribution in [0.25, 0.3) is 0 Å². The number of nitrogen functional groups attached to an aromatic ring is 1. The Hall–Kier alpha value is -2.15. The van der Waals surface area contributed by atoms with Crippen LogP contribution in [0.15, 0.2) is 12.1 Å². The molecule has 0 aromatic carbocycles. The molecular formula is C16H24N4O3. The van der Waals surface area contributed by atoms with Gasteiger partial charge in [0.05, 0.1) is 5.56 Å². The zero-order valence-corrected chi connectivity index (χ0v) is 13.9. The van der Waals surface area contributed by atoms with Crippen LogP contribution >= 0.6 is 0 Å². The lowest BCUT2D eigenvalue weighted by Crippen LogP contribution is -2.39. The van der Waals surface area contributed by atoms with Gasteiger partial charge in [0, 0.05) is 45.9 Å². The summed E-state index contributed by atoms with van der Waals surface area (Å²) in [5, 5.41) is 0. The monoisotopic (exact) mass is 320 g/mol. The summed E-state index contributed by atoms with van der Waals surface area (Å²) in [6, 6.07) is 3.60. The number of hydrogen-bond acceptors (Lipinski definition) is 5. The van der Waals surface area contributed by atoms with Crippen molar-refractivity contribution < 1.29 is 14.3 Å². The van der Waals surface area contributed by atoms with Crippen LogP contribution in [0.1, 0.15) is 34.8 Å². The van der Waals surface area contributed by atoms with Gasteiger partial charge in [-0.2, -0.15) is 0 Å². The molecule has 0 bridgehead atoms. The van der Waals surface area contributed by atoms with E-state index in [1.807, 2.05) is 11.0 Å². The molecule has 0 spiro atoms. The average molecular weight is 320 g/mol. The largest absolute Gasteiger partial charge is 0.383 e. The normalized spacial score (nSPS) is 15.5. The van der Waals surface area contributed by atoms with Gasteiger partial charge < -0.3 is 20.3 Å². The van der Waals surface area contributed by atoms with E-state index in [1.165, 1.54) is 12.0 Å². The fourth-order valence-electron chi connectivity index (χ4n) is 2.78. The number of nitrogens with zero attached hydrogens (tertiary/aromatic N) is 3. The molecular weight excluding hydrogens is 296 g/mol. The molecule has 0 aliphatic carbocycles. The highest BCUT2D eigenvalue weighted by atomic mass is 16.5. The second kappa shape index (κ2) is 7.41. The highest BCUT2D eigenvalue weighted by Gasteiger charge is 2.25. The van der Waals surface area contributed by atoms with E-state index in [0.717, 1.165) is 18.5 Å². The molecule has 1 aliphatic heterocycles. The van der Waals surface area contributed by atoms with E-state index >= 15 is 0 Å². The number of nitrogens with two attached hydrogens (primary N) is 1. The van der Waals surface area contributed by atoms with Gasteiger partial charge in [0.25, 0.3) is 5.91 Å². The number of aromatic nitrogens is 1. The SMILES string of the molecule is COCC(=O)N1CCC(c2ccc(C(=O)N(C)C)c(N)n2)CC1. The average Bonchev–Trinajstić information content (AvgIpc) is 2.54. The number of pyridine rings is 1. The molecule has 1 aromatic heterocycles. The quantitative estimate of drug-likeness (QED) is 0.883. The van der Waals surface area contributed by atoms with Gasteiger partial charge in [0.1, 0.15) is 12.4 Å². The van der Waals surface area contributed by atoms with E-state index in [4.69, 9.17) is 10.5 Å². The maximum absolute atomic E-state index is 12.0. The molecule has 0 atom stereocenters. The van der Waals surface area contributed by atoms with Gasteiger partial charge in [-0.3, -0.25) is 9.59 Å². The number of methoxy groups -OCH3 is 1. The Bertz CT molecular complexity index is 581. The van der Waals surface area contributed by atoms with E-state index in [-0.39, 0.29) is 30.2 Å². The van der Waals surface area contributed by atoms with Gasteiger partial charge in [0.15, 0.2) is 0 Å². The number of amides is 2. The number of hydrogen-bond donors (Lipinski definition) is 1. The fraction of sp³-hybridized carbons (Fsp3) is 0.562. The van der Waals surface area contributed by atoms with Crippen molar-refractivity contribution >= 4 is 17.6 Å². The zero-order chi connectivity index (χ0) is 17.0. The molecule has 1 aliphatic rings. The Morgan fingerprint density at radius 3 is 2.52 bits per heavy atom. The first-order valence-electron chi connectivity index (χ1n) is 7.68. The molecule has 0 radical (unpaired) electrons. The van der Waals surface area contributed by atoms with Crippen molar-refractivity contribution in [1.82, 2.24) is 14.8 Å². The molecule has 2 heterocycles. The van der Waals surface area contributed by atoms with Crippen LogP contribution in [0, 0.1) is 0 Å². The number of rotatable bonds is 4. The molecule has 2 rings (SSSR count). The number of carbonyl (C=O) groups excluding carboxylic acids is 2. The first-order valence-corrected chi connectivity index (χ1v) is 7.68. The van der Waals surface area contributed by atoms with Crippen molar-refractivity contribution in [3.8, 4) is 0 Å². The molecule has 1 saturated heterocycles. The van der Waals surface area contributed by atoms with Crippen molar-refractivity contribution in [2.75, 3.05) is 46.6 Å². The summed E-state index contributed by atoms with van der Waals surface area (Å²) in [7, 11) is 4.89. The maximum Gasteiger partial charge on any atom is 0.257 e. The van der Waals surface area contributed by atoms with Crippen molar-refractivity contribution in [1.29, 1.82) is 0 Å². The maximum atomic E-state index is 12.0. The summed E-state index contributed by atoms with van der Waals surface area (Å²) in [5.74, 6) is 0.387. The van der Waals surface area contributed by atoms with Gasteiger partial charge in [-0.25, -0.2) is 4.98 Å². The van der Waals surface area contributed by atoms with Crippen LogP contribution in [0.2, 0.25) is 0 Å². The minimum Gasteiger partial charge on any atom is -0.383 e. The number of likely N-dealkylation sites (tertiary alicyclic amines) is 1. The Kier molecular flexibility index (Phi) is 5.54. The second-order valence-electron chi connectivity index (χ2n) is 5.96. The van der Waals surface area contributed by atoms with Crippen LogP contribution in [0.4, 0.5) is 5.82 Å². The Balaban J connectivity index is 2.03. The van der Waals surface area contributed by atoms with Gasteiger partial charge in [-0.05, 0) is 25.0 Å². The van der Waals surface area contributed by atoms with Gasteiger partial charge in [0.2, 0.25) is 5.91 Å². The van der Waals surface area contributed by atoms with E-state index in [1.54, 1.807) is 20.2 Å². The van der Waals surface area contributed by atoms with Crippen LogP contribution in [0.5, 0.6) is 0 Å². The summed E-state index contributed by atoms with van der Waals surface area (Å²) < 4.78 is 4.88. The summed E-state index contributed by atoms with van der Waals surface area (Å²) >= 11 is 0. The fourth-order valence-corrected chi connectivity index (χ4v) is 2.78. The van der Waals surface area contributed by atoms with Crippen molar-refractivity contribution in [2.24, 2.45) is 0 Å². The number of ether oxygens (including phenoxy) is 1. The van der Waals surface area contributed by atoms with Gasteiger partial charge >= 0.3 is 0 Å². The van der Waals surface area contributed by atoms with Gasteiger partial charge in [-0.15, -0.1) is 0 Å². The summed E-state index contributed by atoms with van der Waals surface area (Å²) in [6.45, 7) is 1.50. The first-order chi connectivity index (χ1) is 10.9. The van der Waals surface area contributed by atoms with Crippen LogP contribution in [-0.4, -0.2) is 67.5 Å². The molecule has 1 aromatic rings. The minimum atomic E-state index is -0.151. The molecule has 7 heteroatoms. The van der Waals surface area contributed by atoms with Gasteiger partial charge in [-0.1, -0.05) is 0 Å². The Morgan fingerprint density at radius 1 is 1.35 bits per heavy atom. The predicted molar refractivity (Wildman–Crippen MR) is 87.1 cm³/mol. The van der Waals surface area contributed by atoms with Crippen molar-refractivity contribution in [3.63, 3.8) is 0 Å². The third-order valence-electron chi connectivity index (χ3n) is 4.12. The lowest BCUT2D eigenvalue weighted by atomic mass is 9.92. The zero-order valence-electron chi connectivity index (χ0n) is 13.9. The van der Waals surface area contributed by atoms with E-state index in [0.29, 0.717) is 18.7 Å². The molecule has 7 nitrogen and oxygen atoms in total. The summed E-state index contributed by atoms with van der Waals surface area (Å²) in [5.41, 5.74) is 7.25. The van der Waals surface area contributed by atoms with E-state index < -0.39 is 0 Å². The van der Waals surface area contributed by atoms with E-state index in [9.17, 15) is 9.59 Å². The van der Waals surface area contributed by atoms with Crippen LogP contribution in [-0.2, 0) is 9.53 Å². The predicted octanol–water partition coefficient (Wildman–Crippen LogP) is 0.718. The van der Waals surface area contributed by atoms with Crippen LogP contribution < -0.4 is 5.73 Å². The molecule has 23 heavy (non-hydrogen) atoms. The molecule has 1 fully saturated rings. The third-order valence-corrected chi connectivity index (χ3v) is 4.12. The molecule has 0 saturated carbocycles. The topological polar surface area (TPSA) is 88.8 Å². The second-order valence-corrected chi connectivity index (χ2v) is 5.96. The minimum absolute atomic E-state index is 0.0188. The standard InChI is InChI=1S/C16H24N4O3/c1-19(2)16(22)12-4-5-13(18-15(12)17)11-6-8-20(9-7-11)14(21)10-23-3/h4-5,11H,6-10H2,1-3H3,(H2,17,18). The third kappa shape index (κ3) is 3.98. The van der Waals surface area contributed by atoms with Crippen molar-refractivity contribution in [2.45, 2.75) is 18.8 Å².